The van der Waals surface area contributed by atoms with E-state index in [0.29, 0.717) is 11.1 Å². The van der Waals surface area contributed by atoms with Crippen LogP contribution in [0.1, 0.15) is 71.6 Å². The number of hydrogen-bond acceptors (Lipinski definition) is 7. The summed E-state index contributed by atoms with van der Waals surface area (Å²) in [6.45, 7) is 9.62. The predicted molar refractivity (Wildman–Crippen MR) is 140 cm³/mol. The zero-order valence-corrected chi connectivity index (χ0v) is 23.0. The third kappa shape index (κ3) is 9.76. The molecule has 11 nitrogen and oxygen atoms in total. The maximum atomic E-state index is 14.1. The molecule has 2 atom stereocenters. The number of methoxy groups -OCH3 is 1. The van der Waals surface area contributed by atoms with Gasteiger partial charge in [-0.25, -0.2) is 4.79 Å². The van der Waals surface area contributed by atoms with E-state index in [4.69, 9.17) is 16.9 Å². The van der Waals surface area contributed by atoms with E-state index in [1.54, 1.807) is 65.8 Å². The molecule has 4 amide bonds. The summed E-state index contributed by atoms with van der Waals surface area (Å²) >= 11 is 0. The minimum atomic E-state index is -1.31. The first-order chi connectivity index (χ1) is 17.5. The van der Waals surface area contributed by atoms with Crippen LogP contribution in [-0.4, -0.2) is 65.5 Å². The van der Waals surface area contributed by atoms with Crippen molar-refractivity contribution in [3.05, 3.63) is 35.4 Å². The van der Waals surface area contributed by atoms with Crippen molar-refractivity contribution in [1.29, 1.82) is 0 Å². The number of benzene rings is 1. The molecular formula is C27H38N4O7. The maximum absolute atomic E-state index is 14.1. The highest BCUT2D eigenvalue weighted by Gasteiger charge is 2.42. The summed E-state index contributed by atoms with van der Waals surface area (Å²) in [7, 11) is 1.18. The highest BCUT2D eigenvalue weighted by Crippen LogP contribution is 2.32. The van der Waals surface area contributed by atoms with Crippen LogP contribution in [0.15, 0.2) is 24.3 Å². The van der Waals surface area contributed by atoms with Crippen molar-refractivity contribution in [3.63, 3.8) is 0 Å². The minimum absolute atomic E-state index is 0.146. The fraction of sp³-hybridized carbons (Fsp3) is 0.519. The number of nitrogens with one attached hydrogen (secondary N) is 2. The van der Waals surface area contributed by atoms with Crippen molar-refractivity contribution in [2.45, 2.75) is 77.6 Å². The van der Waals surface area contributed by atoms with Crippen LogP contribution in [-0.2, 0) is 28.7 Å². The molecule has 0 aliphatic carbocycles. The van der Waals surface area contributed by atoms with Gasteiger partial charge in [0.25, 0.3) is 0 Å². The first-order valence-electron chi connectivity index (χ1n) is 12.0. The van der Waals surface area contributed by atoms with E-state index in [2.05, 4.69) is 21.3 Å². The Morgan fingerprint density at radius 1 is 1.08 bits per heavy atom. The lowest BCUT2D eigenvalue weighted by Gasteiger charge is -2.43. The van der Waals surface area contributed by atoms with Crippen molar-refractivity contribution in [2.24, 2.45) is 5.73 Å². The number of nitrogens with two attached hydrogens (primary N) is 1. The molecule has 1 aromatic carbocycles. The maximum Gasteiger partial charge on any atom is 0.408 e. The highest BCUT2D eigenvalue weighted by atomic mass is 16.6. The first kappa shape index (κ1) is 32.0. The summed E-state index contributed by atoms with van der Waals surface area (Å²) < 4.78 is 9.91. The Hall–Kier alpha value is -4.07. The van der Waals surface area contributed by atoms with Crippen molar-refractivity contribution in [2.75, 3.05) is 13.7 Å². The van der Waals surface area contributed by atoms with Crippen LogP contribution in [0.2, 0.25) is 0 Å². The van der Waals surface area contributed by atoms with E-state index in [-0.39, 0.29) is 12.8 Å². The van der Waals surface area contributed by atoms with Gasteiger partial charge in [-0.3, -0.25) is 19.2 Å². The molecule has 1 rings (SSSR count). The average Bonchev–Trinajstić information content (AvgIpc) is 2.80. The molecule has 4 N–H and O–H groups in total. The van der Waals surface area contributed by atoms with E-state index < -0.39 is 59.6 Å². The lowest BCUT2D eigenvalue weighted by atomic mass is 9.92. The molecule has 1 aromatic rings. The number of alkyl carbamates (subject to hydrolysis) is 1. The topological polar surface area (TPSA) is 157 Å². The zero-order valence-electron chi connectivity index (χ0n) is 23.0. The van der Waals surface area contributed by atoms with E-state index in [9.17, 15) is 24.0 Å². The van der Waals surface area contributed by atoms with Crippen molar-refractivity contribution < 1.29 is 33.4 Å². The number of terminal acetylenes is 1. The Labute approximate surface area is 223 Å². The Morgan fingerprint density at radius 2 is 1.68 bits per heavy atom. The number of primary amides is 1. The number of nitrogens with zero attached hydrogens (tertiary/aromatic N) is 1. The summed E-state index contributed by atoms with van der Waals surface area (Å²) in [5, 5.41) is 5.00. The van der Waals surface area contributed by atoms with Gasteiger partial charge >= 0.3 is 12.1 Å². The third-order valence-electron chi connectivity index (χ3n) is 5.18. The number of amides is 4. The molecular weight excluding hydrogens is 492 g/mol. The van der Waals surface area contributed by atoms with Crippen molar-refractivity contribution in [3.8, 4) is 12.3 Å². The summed E-state index contributed by atoms with van der Waals surface area (Å²) in [5.74, 6) is -0.240. The van der Waals surface area contributed by atoms with E-state index >= 15 is 0 Å². The summed E-state index contributed by atoms with van der Waals surface area (Å²) in [4.78, 5) is 64.8. The molecule has 0 aliphatic heterocycles. The van der Waals surface area contributed by atoms with Crippen LogP contribution in [0.5, 0.6) is 0 Å². The number of carbonyl (C=O) groups excluding carboxylic acids is 5. The highest BCUT2D eigenvalue weighted by molar-refractivity contribution is 5.94. The molecule has 38 heavy (non-hydrogen) atoms. The number of esters is 1. The van der Waals surface area contributed by atoms with Crippen LogP contribution in [0.3, 0.4) is 0 Å². The van der Waals surface area contributed by atoms with Crippen LogP contribution in [0.4, 0.5) is 4.79 Å². The van der Waals surface area contributed by atoms with Crippen molar-refractivity contribution >= 4 is 29.8 Å². The van der Waals surface area contributed by atoms with Gasteiger partial charge in [-0.15, -0.1) is 6.42 Å². The predicted octanol–water partition coefficient (Wildman–Crippen LogP) is 1.78. The Morgan fingerprint density at radius 3 is 2.18 bits per heavy atom. The molecule has 0 radical (unpaired) electrons. The van der Waals surface area contributed by atoms with Crippen LogP contribution < -0.4 is 16.4 Å². The van der Waals surface area contributed by atoms with Gasteiger partial charge < -0.3 is 30.7 Å². The standard InChI is InChI=1S/C27H38N4O7/c1-9-17-12-10-11-13-18(17)22(23(34)29-16-21(33)37-8)31(26(2,3)4)24(35)19(14-15-20(28)32)30-25(36)38-27(5,6)7/h1,10-13,19,22H,14-16H2,2-8H3,(H2,28,32)(H,29,34)(H,30,36). The molecule has 0 aromatic heterocycles. The summed E-state index contributed by atoms with van der Waals surface area (Å²) in [6, 6.07) is 3.98. The van der Waals surface area contributed by atoms with Gasteiger partial charge in [0.2, 0.25) is 17.7 Å². The van der Waals surface area contributed by atoms with Gasteiger partial charge in [-0.05, 0) is 59.6 Å². The molecule has 0 spiro atoms. The lowest BCUT2D eigenvalue weighted by Crippen LogP contribution is -2.59. The van der Waals surface area contributed by atoms with Gasteiger partial charge in [-0.2, -0.15) is 0 Å². The number of carbonyl (C=O) groups is 5. The number of hydrogen-bond donors (Lipinski definition) is 3. The molecule has 0 fully saturated rings. The molecule has 2 unspecified atom stereocenters. The largest absolute Gasteiger partial charge is 0.468 e. The van der Waals surface area contributed by atoms with Crippen LogP contribution >= 0.6 is 0 Å². The minimum Gasteiger partial charge on any atom is -0.468 e. The normalized spacial score (nSPS) is 12.8. The first-order valence-corrected chi connectivity index (χ1v) is 12.0. The van der Waals surface area contributed by atoms with E-state index in [0.717, 1.165) is 0 Å². The fourth-order valence-electron chi connectivity index (χ4n) is 3.60. The molecule has 0 saturated heterocycles. The molecule has 0 heterocycles. The Kier molecular flexibility index (Phi) is 11.3. The van der Waals surface area contributed by atoms with Crippen molar-refractivity contribution in [1.82, 2.24) is 15.5 Å². The van der Waals surface area contributed by atoms with Gasteiger partial charge in [-0.1, -0.05) is 24.1 Å². The van der Waals surface area contributed by atoms with Gasteiger partial charge in [0, 0.05) is 17.5 Å². The summed E-state index contributed by atoms with van der Waals surface area (Å²) in [6.07, 6.45) is 4.45. The molecule has 0 aliphatic rings. The second kappa shape index (κ2) is 13.5. The number of rotatable bonds is 10. The van der Waals surface area contributed by atoms with Crippen LogP contribution in [0, 0.1) is 12.3 Å². The van der Waals surface area contributed by atoms with Gasteiger partial charge in [0.1, 0.15) is 24.2 Å². The monoisotopic (exact) mass is 530 g/mol. The molecule has 0 bridgehead atoms. The van der Waals surface area contributed by atoms with Gasteiger partial charge in [0.05, 0.1) is 7.11 Å². The lowest BCUT2D eigenvalue weighted by molar-refractivity contribution is -0.149. The fourth-order valence-corrected chi connectivity index (χ4v) is 3.60. The van der Waals surface area contributed by atoms with Gasteiger partial charge in [0.15, 0.2) is 0 Å². The number of ether oxygens (including phenoxy) is 2. The summed E-state index contributed by atoms with van der Waals surface area (Å²) in [5.41, 5.74) is 4.13. The zero-order chi connectivity index (χ0) is 29.3. The van der Waals surface area contributed by atoms with E-state index in [1.807, 2.05) is 0 Å². The smallest absolute Gasteiger partial charge is 0.408 e. The Bertz CT molecular complexity index is 1080. The second-order valence-electron chi connectivity index (χ2n) is 10.5. The third-order valence-corrected chi connectivity index (χ3v) is 5.18. The molecule has 0 saturated carbocycles. The SMILES string of the molecule is C#Cc1ccccc1C(C(=O)NCC(=O)OC)N(C(=O)C(CCC(N)=O)NC(=O)OC(C)(C)C)C(C)(C)C. The van der Waals surface area contributed by atoms with E-state index in [1.165, 1.54) is 12.0 Å². The van der Waals surface area contributed by atoms with Crippen LogP contribution in [0.25, 0.3) is 0 Å². The Balaban J connectivity index is 3.66. The quantitative estimate of drug-likeness (QED) is 0.307. The second-order valence-corrected chi connectivity index (χ2v) is 10.5. The molecule has 208 valence electrons. The average molecular weight is 531 g/mol. The molecule has 11 heteroatoms.